The molecule has 0 aliphatic rings. The minimum atomic E-state index is -0.622. The Hall–Kier alpha value is -3.40. The van der Waals surface area contributed by atoms with E-state index in [2.05, 4.69) is 0 Å². The topological polar surface area (TPSA) is 85.6 Å². The van der Waals surface area contributed by atoms with Crippen LogP contribution in [0.3, 0.4) is 0 Å². The van der Waals surface area contributed by atoms with E-state index in [-0.39, 0.29) is 36.4 Å². The zero-order chi connectivity index (χ0) is 19.8. The van der Waals surface area contributed by atoms with Gasteiger partial charge in [-0.15, -0.1) is 0 Å². The molecule has 0 saturated heterocycles. The number of nitrogens with zero attached hydrogens (tertiary/aromatic N) is 1. The van der Waals surface area contributed by atoms with Crippen LogP contribution in [0.5, 0.6) is 11.5 Å². The average molecular weight is 371 g/mol. The Bertz CT molecular complexity index is 888. The molecular weight excluding hydrogens is 353 g/mol. The summed E-state index contributed by atoms with van der Waals surface area (Å²) in [6.45, 7) is -0.263. The van der Waals surface area contributed by atoms with Crippen molar-refractivity contribution in [3.63, 3.8) is 0 Å². The molecule has 27 heavy (non-hydrogen) atoms. The molecule has 0 saturated carbocycles. The highest BCUT2D eigenvalue weighted by atomic mass is 19.1. The second-order valence-corrected chi connectivity index (χ2v) is 5.57. The van der Waals surface area contributed by atoms with Gasteiger partial charge in [0.25, 0.3) is 0 Å². The van der Waals surface area contributed by atoms with Gasteiger partial charge in [0.15, 0.2) is 17.3 Å². The number of rotatable bonds is 8. The highest BCUT2D eigenvalue weighted by Gasteiger charge is 2.14. The third-order valence-electron chi connectivity index (χ3n) is 3.83. The average Bonchev–Trinajstić information content (AvgIpc) is 2.70. The lowest BCUT2D eigenvalue weighted by atomic mass is 10.1. The lowest BCUT2D eigenvalue weighted by molar-refractivity contribution is -0.144. The molecule has 140 valence electrons. The molecule has 0 spiro atoms. The summed E-state index contributed by atoms with van der Waals surface area (Å²) in [5.41, 5.74) is 0.732. The third-order valence-corrected chi connectivity index (χ3v) is 3.83. The Morgan fingerprint density at radius 3 is 2.41 bits per heavy atom. The molecular formula is C20H18FNO5. The smallest absolute Gasteiger partial charge is 0.306 e. The van der Waals surface area contributed by atoms with E-state index in [0.29, 0.717) is 17.1 Å². The number of ether oxygens (including phenoxy) is 3. The molecule has 0 aromatic heterocycles. The van der Waals surface area contributed by atoms with E-state index in [1.807, 2.05) is 6.07 Å². The van der Waals surface area contributed by atoms with Crippen molar-refractivity contribution >= 4 is 11.8 Å². The molecule has 0 fully saturated rings. The zero-order valence-corrected chi connectivity index (χ0v) is 15.0. The maximum absolute atomic E-state index is 13.7. The quantitative estimate of drug-likeness (QED) is 0.522. The SMILES string of the molecule is COc1ccc(C(=O)CCC(=O)OCc2ccc(C#N)cc2F)cc1OC. The van der Waals surface area contributed by atoms with Gasteiger partial charge in [0.05, 0.1) is 32.3 Å². The summed E-state index contributed by atoms with van der Waals surface area (Å²) in [4.78, 5) is 24.0. The van der Waals surface area contributed by atoms with Crippen LogP contribution in [0.2, 0.25) is 0 Å². The molecule has 0 aliphatic carbocycles. The van der Waals surface area contributed by atoms with Crippen LogP contribution in [0.1, 0.15) is 34.3 Å². The molecule has 6 nitrogen and oxygen atoms in total. The lowest BCUT2D eigenvalue weighted by Gasteiger charge is -2.09. The molecule has 2 rings (SSSR count). The number of ketones is 1. The van der Waals surface area contributed by atoms with E-state index in [1.165, 1.54) is 26.4 Å². The van der Waals surface area contributed by atoms with E-state index in [4.69, 9.17) is 19.5 Å². The predicted octanol–water partition coefficient (Wildman–Crippen LogP) is 3.42. The van der Waals surface area contributed by atoms with Gasteiger partial charge < -0.3 is 14.2 Å². The van der Waals surface area contributed by atoms with E-state index >= 15 is 0 Å². The van der Waals surface area contributed by atoms with Crippen LogP contribution in [0, 0.1) is 17.1 Å². The number of methoxy groups -OCH3 is 2. The first kappa shape index (κ1) is 19.9. The molecule has 0 unspecified atom stereocenters. The van der Waals surface area contributed by atoms with Gasteiger partial charge in [0.1, 0.15) is 12.4 Å². The summed E-state index contributed by atoms with van der Waals surface area (Å²) in [6, 6.07) is 10.5. The van der Waals surface area contributed by atoms with Crippen molar-refractivity contribution in [1.82, 2.24) is 0 Å². The van der Waals surface area contributed by atoms with Crippen molar-refractivity contribution in [3.05, 3.63) is 58.9 Å². The highest BCUT2D eigenvalue weighted by molar-refractivity contribution is 5.98. The number of halogens is 1. The number of hydrogen-bond acceptors (Lipinski definition) is 6. The number of hydrogen-bond donors (Lipinski definition) is 0. The fourth-order valence-corrected chi connectivity index (χ4v) is 2.33. The molecule has 0 amide bonds. The summed E-state index contributed by atoms with van der Waals surface area (Å²) < 4.78 is 29.0. The van der Waals surface area contributed by atoms with Gasteiger partial charge in [-0.3, -0.25) is 9.59 Å². The van der Waals surface area contributed by atoms with Crippen LogP contribution in [-0.2, 0) is 16.1 Å². The predicted molar refractivity (Wildman–Crippen MR) is 94.0 cm³/mol. The first-order valence-electron chi connectivity index (χ1n) is 8.08. The van der Waals surface area contributed by atoms with E-state index in [0.717, 1.165) is 6.07 Å². The standard InChI is InChI=1S/C20H18FNO5/c1-25-18-7-5-14(10-19(18)26-2)17(23)6-8-20(24)27-12-15-4-3-13(11-22)9-16(15)21/h3-5,7,9-10H,6,8,12H2,1-2H3. The van der Waals surface area contributed by atoms with Crippen LogP contribution in [0.25, 0.3) is 0 Å². The van der Waals surface area contributed by atoms with Gasteiger partial charge in [-0.1, -0.05) is 6.07 Å². The Kier molecular flexibility index (Phi) is 6.89. The van der Waals surface area contributed by atoms with E-state index in [9.17, 15) is 14.0 Å². The summed E-state index contributed by atoms with van der Waals surface area (Å²) >= 11 is 0. The minimum Gasteiger partial charge on any atom is -0.493 e. The second kappa shape index (κ2) is 9.34. The largest absolute Gasteiger partial charge is 0.493 e. The van der Waals surface area contributed by atoms with Gasteiger partial charge in [-0.2, -0.15) is 5.26 Å². The highest BCUT2D eigenvalue weighted by Crippen LogP contribution is 2.28. The molecule has 0 radical (unpaired) electrons. The van der Waals surface area contributed by atoms with Crippen molar-refractivity contribution in [3.8, 4) is 17.6 Å². The van der Waals surface area contributed by atoms with Gasteiger partial charge in [0, 0.05) is 17.5 Å². The van der Waals surface area contributed by atoms with Crippen molar-refractivity contribution in [1.29, 1.82) is 5.26 Å². The number of carbonyl (C=O) groups excluding carboxylic acids is 2. The Morgan fingerprint density at radius 2 is 1.78 bits per heavy atom. The Morgan fingerprint density at radius 1 is 1.04 bits per heavy atom. The Balaban J connectivity index is 1.88. The number of benzene rings is 2. The van der Waals surface area contributed by atoms with Crippen LogP contribution >= 0.6 is 0 Å². The Labute approximate surface area is 156 Å². The summed E-state index contributed by atoms with van der Waals surface area (Å²) in [5.74, 6) is -0.576. The normalized spacial score (nSPS) is 10.0. The monoisotopic (exact) mass is 371 g/mol. The van der Waals surface area contributed by atoms with Crippen LogP contribution in [-0.4, -0.2) is 26.0 Å². The number of esters is 1. The van der Waals surface area contributed by atoms with Gasteiger partial charge in [-0.05, 0) is 30.3 Å². The molecule has 0 bridgehead atoms. The molecule has 2 aromatic carbocycles. The summed E-state index contributed by atoms with van der Waals surface area (Å²) in [7, 11) is 2.96. The van der Waals surface area contributed by atoms with E-state index < -0.39 is 11.8 Å². The molecule has 2 aromatic rings. The summed E-state index contributed by atoms with van der Waals surface area (Å²) in [5, 5.41) is 8.70. The van der Waals surface area contributed by atoms with Gasteiger partial charge in [0.2, 0.25) is 0 Å². The van der Waals surface area contributed by atoms with Crippen LogP contribution in [0.4, 0.5) is 4.39 Å². The van der Waals surface area contributed by atoms with Crippen LogP contribution in [0.15, 0.2) is 36.4 Å². The molecule has 0 aliphatic heterocycles. The first-order valence-corrected chi connectivity index (χ1v) is 8.08. The number of carbonyl (C=O) groups is 2. The number of nitriles is 1. The van der Waals surface area contributed by atoms with E-state index in [1.54, 1.807) is 18.2 Å². The maximum Gasteiger partial charge on any atom is 0.306 e. The van der Waals surface area contributed by atoms with Gasteiger partial charge >= 0.3 is 5.97 Å². The molecule has 7 heteroatoms. The van der Waals surface area contributed by atoms with Crippen molar-refractivity contribution in [2.24, 2.45) is 0 Å². The second-order valence-electron chi connectivity index (χ2n) is 5.57. The molecule has 0 N–H and O–H groups in total. The lowest BCUT2D eigenvalue weighted by Crippen LogP contribution is -2.09. The number of Topliss-reactive ketones (excluding diaryl/α,β-unsaturated/α-hetero) is 1. The fraction of sp³-hybridized carbons (Fsp3) is 0.250. The van der Waals surface area contributed by atoms with Crippen LogP contribution < -0.4 is 9.47 Å². The zero-order valence-electron chi connectivity index (χ0n) is 15.0. The van der Waals surface area contributed by atoms with Crippen molar-refractivity contribution < 1.29 is 28.2 Å². The molecule has 0 heterocycles. The fourth-order valence-electron chi connectivity index (χ4n) is 2.33. The summed E-state index contributed by atoms with van der Waals surface area (Å²) in [6.07, 6.45) is -0.185. The van der Waals surface area contributed by atoms with Crippen molar-refractivity contribution in [2.45, 2.75) is 19.4 Å². The molecule has 0 atom stereocenters. The maximum atomic E-state index is 13.7. The van der Waals surface area contributed by atoms with Crippen molar-refractivity contribution in [2.75, 3.05) is 14.2 Å². The first-order chi connectivity index (χ1) is 13.0. The van der Waals surface area contributed by atoms with Gasteiger partial charge in [-0.25, -0.2) is 4.39 Å². The third kappa shape index (κ3) is 5.28. The minimum absolute atomic E-state index is 0.0514.